The predicted octanol–water partition coefficient (Wildman–Crippen LogP) is 2.69. The average molecular weight is 296 g/mol. The highest BCUT2D eigenvalue weighted by molar-refractivity contribution is 7.91. The van der Waals surface area contributed by atoms with Gasteiger partial charge in [-0.05, 0) is 42.4 Å². The smallest absolute Gasteiger partial charge is 0.306 e. The number of sulfone groups is 1. The summed E-state index contributed by atoms with van der Waals surface area (Å²) in [5.41, 5.74) is 0.968. The molecule has 0 aliphatic heterocycles. The normalized spacial score (nSPS) is 23.3. The van der Waals surface area contributed by atoms with E-state index in [0.29, 0.717) is 4.90 Å². The quantitative estimate of drug-likeness (QED) is 0.876. The van der Waals surface area contributed by atoms with Gasteiger partial charge in [0.1, 0.15) is 0 Å². The first kappa shape index (κ1) is 15.0. The lowest BCUT2D eigenvalue weighted by Crippen LogP contribution is -2.06. The minimum atomic E-state index is -3.19. The summed E-state index contributed by atoms with van der Waals surface area (Å²) in [6.45, 7) is 3.65. The highest BCUT2D eigenvalue weighted by Crippen LogP contribution is 2.45. The molecule has 0 aromatic heterocycles. The van der Waals surface area contributed by atoms with Crippen LogP contribution in [0.25, 0.3) is 0 Å². The van der Waals surface area contributed by atoms with Crippen LogP contribution in [-0.4, -0.2) is 25.2 Å². The third kappa shape index (κ3) is 3.20. The molecular weight excluding hydrogens is 276 g/mol. The highest BCUT2D eigenvalue weighted by atomic mass is 32.2. The summed E-state index contributed by atoms with van der Waals surface area (Å²) < 4.78 is 23.7. The maximum Gasteiger partial charge on any atom is 0.306 e. The molecule has 1 saturated carbocycles. The molecule has 110 valence electrons. The fourth-order valence-corrected chi connectivity index (χ4v) is 3.52. The van der Waals surface area contributed by atoms with Crippen LogP contribution in [0.5, 0.6) is 0 Å². The molecule has 2 rings (SSSR count). The van der Waals surface area contributed by atoms with Gasteiger partial charge in [0.05, 0.1) is 16.6 Å². The first-order valence-corrected chi connectivity index (χ1v) is 8.56. The standard InChI is InChI=1S/C15H20O4S/c1-3-20(18,19)13-6-4-5-11(8-13)10(2)7-12-9-14(12)15(16)17/h4-6,8,10,12,14H,3,7,9H2,1-2H3,(H,16,17). The molecule has 0 spiro atoms. The monoisotopic (exact) mass is 296 g/mol. The van der Waals surface area contributed by atoms with Crippen LogP contribution in [0.15, 0.2) is 29.2 Å². The molecule has 1 aliphatic rings. The number of rotatable bonds is 6. The minimum Gasteiger partial charge on any atom is -0.481 e. The van der Waals surface area contributed by atoms with Crippen LogP contribution >= 0.6 is 0 Å². The van der Waals surface area contributed by atoms with Crippen molar-refractivity contribution in [1.29, 1.82) is 0 Å². The second-order valence-electron chi connectivity index (χ2n) is 5.55. The molecular formula is C15H20O4S. The van der Waals surface area contributed by atoms with Gasteiger partial charge in [0.2, 0.25) is 0 Å². The molecule has 0 bridgehead atoms. The number of carbonyl (C=O) groups is 1. The van der Waals surface area contributed by atoms with E-state index in [1.165, 1.54) is 0 Å². The SMILES string of the molecule is CCS(=O)(=O)c1cccc(C(C)CC2CC2C(=O)O)c1. The van der Waals surface area contributed by atoms with Crippen LogP contribution in [-0.2, 0) is 14.6 Å². The largest absolute Gasteiger partial charge is 0.481 e. The summed E-state index contributed by atoms with van der Waals surface area (Å²) in [5, 5.41) is 8.91. The molecule has 1 fully saturated rings. The van der Waals surface area contributed by atoms with Crippen LogP contribution in [0.1, 0.15) is 38.2 Å². The van der Waals surface area contributed by atoms with Gasteiger partial charge < -0.3 is 5.11 Å². The van der Waals surface area contributed by atoms with Crippen LogP contribution in [0.4, 0.5) is 0 Å². The Hall–Kier alpha value is -1.36. The fourth-order valence-electron chi connectivity index (χ4n) is 2.58. The zero-order chi connectivity index (χ0) is 14.9. The molecule has 3 atom stereocenters. The molecule has 4 nitrogen and oxygen atoms in total. The molecule has 1 aromatic rings. The van der Waals surface area contributed by atoms with Crippen molar-refractivity contribution >= 4 is 15.8 Å². The molecule has 20 heavy (non-hydrogen) atoms. The number of carboxylic acid groups (broad SMARTS) is 1. The van der Waals surface area contributed by atoms with Crippen molar-refractivity contribution in [2.75, 3.05) is 5.75 Å². The van der Waals surface area contributed by atoms with E-state index in [4.69, 9.17) is 5.11 Å². The number of benzene rings is 1. The summed E-state index contributed by atoms with van der Waals surface area (Å²) in [4.78, 5) is 11.2. The highest BCUT2D eigenvalue weighted by Gasteiger charge is 2.43. The zero-order valence-corrected chi connectivity index (χ0v) is 12.6. The Morgan fingerprint density at radius 2 is 2.15 bits per heavy atom. The third-order valence-electron chi connectivity index (χ3n) is 4.06. The lowest BCUT2D eigenvalue weighted by Gasteiger charge is -2.13. The zero-order valence-electron chi connectivity index (χ0n) is 11.7. The molecule has 1 N–H and O–H groups in total. The van der Waals surface area contributed by atoms with Crippen LogP contribution in [0, 0.1) is 11.8 Å². The molecule has 0 saturated heterocycles. The minimum absolute atomic E-state index is 0.0918. The van der Waals surface area contributed by atoms with E-state index in [-0.39, 0.29) is 23.5 Å². The second kappa shape index (κ2) is 5.56. The Bertz CT molecular complexity index is 606. The first-order chi connectivity index (χ1) is 9.35. The lowest BCUT2D eigenvalue weighted by atomic mass is 9.95. The molecule has 0 radical (unpaired) electrons. The van der Waals surface area contributed by atoms with Crippen molar-refractivity contribution < 1.29 is 18.3 Å². The fraction of sp³-hybridized carbons (Fsp3) is 0.533. The lowest BCUT2D eigenvalue weighted by molar-refractivity contribution is -0.138. The molecule has 1 aliphatic carbocycles. The summed E-state index contributed by atoms with van der Waals surface area (Å²) >= 11 is 0. The maximum atomic E-state index is 11.9. The van der Waals surface area contributed by atoms with E-state index in [0.717, 1.165) is 18.4 Å². The first-order valence-electron chi connectivity index (χ1n) is 6.90. The second-order valence-corrected chi connectivity index (χ2v) is 7.83. The third-order valence-corrected chi connectivity index (χ3v) is 5.79. The number of aliphatic carboxylic acids is 1. The average Bonchev–Trinajstić information content (AvgIpc) is 3.18. The van der Waals surface area contributed by atoms with Crippen LogP contribution in [0.3, 0.4) is 0 Å². The number of hydrogen-bond donors (Lipinski definition) is 1. The van der Waals surface area contributed by atoms with Crippen molar-refractivity contribution in [3.63, 3.8) is 0 Å². The van der Waals surface area contributed by atoms with E-state index in [1.807, 2.05) is 13.0 Å². The Balaban J connectivity index is 2.10. The summed E-state index contributed by atoms with van der Waals surface area (Å²) in [6.07, 6.45) is 1.54. The van der Waals surface area contributed by atoms with Gasteiger partial charge in [0.15, 0.2) is 9.84 Å². The van der Waals surface area contributed by atoms with E-state index in [9.17, 15) is 13.2 Å². The predicted molar refractivity (Wildman–Crippen MR) is 76.4 cm³/mol. The van der Waals surface area contributed by atoms with Gasteiger partial charge in [0, 0.05) is 0 Å². The van der Waals surface area contributed by atoms with Crippen LogP contribution in [0.2, 0.25) is 0 Å². The van der Waals surface area contributed by atoms with E-state index >= 15 is 0 Å². The van der Waals surface area contributed by atoms with Gasteiger partial charge in [-0.25, -0.2) is 8.42 Å². The number of hydrogen-bond acceptors (Lipinski definition) is 3. The van der Waals surface area contributed by atoms with Crippen molar-refractivity contribution in [1.82, 2.24) is 0 Å². The van der Waals surface area contributed by atoms with Crippen molar-refractivity contribution in [3.05, 3.63) is 29.8 Å². The Morgan fingerprint density at radius 1 is 1.45 bits per heavy atom. The summed E-state index contributed by atoms with van der Waals surface area (Å²) in [5.74, 6) is -0.427. The van der Waals surface area contributed by atoms with Crippen LogP contribution < -0.4 is 0 Å². The molecule has 5 heteroatoms. The maximum absolute atomic E-state index is 11.9. The van der Waals surface area contributed by atoms with Gasteiger partial charge in [-0.3, -0.25) is 4.79 Å². The Morgan fingerprint density at radius 3 is 2.70 bits per heavy atom. The Kier molecular flexibility index (Phi) is 4.18. The van der Waals surface area contributed by atoms with Gasteiger partial charge >= 0.3 is 5.97 Å². The van der Waals surface area contributed by atoms with E-state index < -0.39 is 15.8 Å². The molecule has 0 heterocycles. The van der Waals surface area contributed by atoms with Crippen molar-refractivity contribution in [2.45, 2.75) is 37.5 Å². The van der Waals surface area contributed by atoms with Gasteiger partial charge in [-0.15, -0.1) is 0 Å². The molecule has 1 aromatic carbocycles. The number of carboxylic acids is 1. The topological polar surface area (TPSA) is 71.4 Å². The van der Waals surface area contributed by atoms with E-state index in [2.05, 4.69) is 0 Å². The summed E-state index contributed by atoms with van der Waals surface area (Å²) in [7, 11) is -3.19. The molecule has 0 amide bonds. The van der Waals surface area contributed by atoms with Crippen molar-refractivity contribution in [2.24, 2.45) is 11.8 Å². The van der Waals surface area contributed by atoms with E-state index in [1.54, 1.807) is 25.1 Å². The Labute approximate surface area is 119 Å². The van der Waals surface area contributed by atoms with Crippen molar-refractivity contribution in [3.8, 4) is 0 Å². The van der Waals surface area contributed by atoms with Gasteiger partial charge in [-0.2, -0.15) is 0 Å². The summed E-state index contributed by atoms with van der Waals surface area (Å²) in [6, 6.07) is 7.02. The van der Waals surface area contributed by atoms with Gasteiger partial charge in [0.25, 0.3) is 0 Å². The van der Waals surface area contributed by atoms with Gasteiger partial charge in [-0.1, -0.05) is 26.0 Å². The molecule has 3 unspecified atom stereocenters.